The second-order valence-corrected chi connectivity index (χ2v) is 5.06. The van der Waals surface area contributed by atoms with E-state index < -0.39 is 23.5 Å². The molecule has 2 aromatic carbocycles. The van der Waals surface area contributed by atoms with Gasteiger partial charge in [-0.1, -0.05) is 12.1 Å². The van der Waals surface area contributed by atoms with Crippen LogP contribution in [0.4, 0.5) is 17.6 Å². The molecule has 0 bridgehead atoms. The Morgan fingerprint density at radius 1 is 1.04 bits per heavy atom. The smallest absolute Gasteiger partial charge is 0.419 e. The third-order valence-electron chi connectivity index (χ3n) is 3.58. The second-order valence-electron chi connectivity index (χ2n) is 5.06. The van der Waals surface area contributed by atoms with Crippen LogP contribution in [0.25, 0.3) is 22.0 Å². The number of pyridine rings is 1. The molecule has 3 aromatic rings. The predicted molar refractivity (Wildman–Crippen MR) is 79.1 cm³/mol. The molecule has 3 nitrogen and oxygen atoms in total. The van der Waals surface area contributed by atoms with Gasteiger partial charge in [-0.05, 0) is 35.9 Å². The zero-order valence-corrected chi connectivity index (χ0v) is 11.9. The van der Waals surface area contributed by atoms with Crippen LogP contribution in [-0.2, 0) is 6.18 Å². The van der Waals surface area contributed by atoms with Gasteiger partial charge in [0.2, 0.25) is 0 Å². The van der Waals surface area contributed by atoms with Gasteiger partial charge in [-0.25, -0.2) is 9.18 Å². The highest BCUT2D eigenvalue weighted by atomic mass is 19.4. The highest BCUT2D eigenvalue weighted by Crippen LogP contribution is 2.37. The number of aromatic nitrogens is 1. The fourth-order valence-corrected chi connectivity index (χ4v) is 2.47. The molecule has 0 amide bonds. The van der Waals surface area contributed by atoms with Gasteiger partial charge >= 0.3 is 12.1 Å². The van der Waals surface area contributed by atoms with Crippen LogP contribution < -0.4 is 0 Å². The van der Waals surface area contributed by atoms with Gasteiger partial charge in [0.05, 0.1) is 16.6 Å². The van der Waals surface area contributed by atoms with Gasteiger partial charge in [-0.2, -0.15) is 13.2 Å². The van der Waals surface area contributed by atoms with Gasteiger partial charge in [0, 0.05) is 17.1 Å². The quantitative estimate of drug-likeness (QED) is 0.687. The number of halogens is 4. The Bertz CT molecular complexity index is 951. The highest BCUT2D eigenvalue weighted by Gasteiger charge is 2.35. The lowest BCUT2D eigenvalue weighted by atomic mass is 9.97. The lowest BCUT2D eigenvalue weighted by Gasteiger charge is -2.13. The van der Waals surface area contributed by atoms with E-state index >= 15 is 0 Å². The van der Waals surface area contributed by atoms with Crippen LogP contribution in [0.3, 0.4) is 0 Å². The van der Waals surface area contributed by atoms with Crippen molar-refractivity contribution in [2.45, 2.75) is 6.18 Å². The van der Waals surface area contributed by atoms with Gasteiger partial charge in [0.25, 0.3) is 0 Å². The van der Waals surface area contributed by atoms with Gasteiger partial charge in [-0.3, -0.25) is 4.98 Å². The van der Waals surface area contributed by atoms with Gasteiger partial charge in [0.1, 0.15) is 5.82 Å². The van der Waals surface area contributed by atoms with Crippen LogP contribution in [0.2, 0.25) is 0 Å². The Balaban J connectivity index is 2.31. The average molecular weight is 335 g/mol. The van der Waals surface area contributed by atoms with E-state index in [0.717, 1.165) is 6.07 Å². The van der Waals surface area contributed by atoms with E-state index in [9.17, 15) is 22.4 Å². The average Bonchev–Trinajstić information content (AvgIpc) is 2.53. The molecule has 1 aromatic heterocycles. The number of aromatic carboxylic acids is 1. The largest absolute Gasteiger partial charge is 0.478 e. The third-order valence-corrected chi connectivity index (χ3v) is 3.58. The minimum Gasteiger partial charge on any atom is -0.478 e. The van der Waals surface area contributed by atoms with E-state index in [1.807, 2.05) is 0 Å². The number of carboxylic acids is 1. The van der Waals surface area contributed by atoms with E-state index in [1.165, 1.54) is 36.5 Å². The van der Waals surface area contributed by atoms with Crippen LogP contribution >= 0.6 is 0 Å². The first-order valence-electron chi connectivity index (χ1n) is 6.77. The molecule has 1 N–H and O–H groups in total. The Morgan fingerprint density at radius 2 is 1.79 bits per heavy atom. The van der Waals surface area contributed by atoms with Gasteiger partial charge < -0.3 is 5.11 Å². The molecule has 0 atom stereocenters. The van der Waals surface area contributed by atoms with Crippen LogP contribution in [0, 0.1) is 5.82 Å². The third kappa shape index (κ3) is 2.68. The first kappa shape index (κ1) is 15.9. The molecule has 0 unspecified atom stereocenters. The Labute approximate surface area is 133 Å². The summed E-state index contributed by atoms with van der Waals surface area (Å²) in [6.07, 6.45) is -3.49. The maximum absolute atomic E-state index is 14.4. The number of nitrogens with zero attached hydrogens (tertiary/aromatic N) is 1. The number of carboxylic acid groups (broad SMARTS) is 1. The molecule has 0 radical (unpaired) electrons. The molecule has 122 valence electrons. The SMILES string of the molecule is O=C(O)c1ccc2nccc(-c3cccc(C(F)(F)F)c3F)c2c1. The molecule has 0 spiro atoms. The van der Waals surface area contributed by atoms with E-state index in [1.54, 1.807) is 0 Å². The van der Waals surface area contributed by atoms with Crippen molar-refractivity contribution in [3.8, 4) is 11.1 Å². The summed E-state index contributed by atoms with van der Waals surface area (Å²) in [5.74, 6) is -2.60. The zero-order chi connectivity index (χ0) is 17.5. The maximum Gasteiger partial charge on any atom is 0.419 e. The first-order chi connectivity index (χ1) is 11.3. The summed E-state index contributed by atoms with van der Waals surface area (Å²) < 4.78 is 53.1. The Morgan fingerprint density at radius 3 is 2.46 bits per heavy atom. The van der Waals surface area contributed by atoms with Crippen molar-refractivity contribution in [2.24, 2.45) is 0 Å². The molecule has 3 rings (SSSR count). The van der Waals surface area contributed by atoms with Crippen molar-refractivity contribution < 1.29 is 27.5 Å². The molecular weight excluding hydrogens is 326 g/mol. The lowest BCUT2D eigenvalue weighted by molar-refractivity contribution is -0.139. The van der Waals surface area contributed by atoms with E-state index in [0.29, 0.717) is 11.6 Å². The summed E-state index contributed by atoms with van der Waals surface area (Å²) in [4.78, 5) is 15.1. The first-order valence-corrected chi connectivity index (χ1v) is 6.77. The highest BCUT2D eigenvalue weighted by molar-refractivity contribution is 5.99. The zero-order valence-electron chi connectivity index (χ0n) is 11.9. The van der Waals surface area contributed by atoms with Gasteiger partial charge in [-0.15, -0.1) is 0 Å². The summed E-state index contributed by atoms with van der Waals surface area (Å²) >= 11 is 0. The van der Waals surface area contributed by atoms with Crippen molar-refractivity contribution in [3.63, 3.8) is 0 Å². The summed E-state index contributed by atoms with van der Waals surface area (Å²) in [7, 11) is 0. The number of benzene rings is 2. The normalized spacial score (nSPS) is 11.7. The fraction of sp³-hybridized carbons (Fsp3) is 0.0588. The molecular formula is C17H9F4NO2. The molecule has 1 heterocycles. The number of carbonyl (C=O) groups is 1. The van der Waals surface area contributed by atoms with Gasteiger partial charge in [0.15, 0.2) is 0 Å². The van der Waals surface area contributed by atoms with E-state index in [-0.39, 0.29) is 22.1 Å². The minimum absolute atomic E-state index is 0.0656. The van der Waals surface area contributed by atoms with E-state index in [2.05, 4.69) is 4.98 Å². The number of rotatable bonds is 2. The Kier molecular flexibility index (Phi) is 3.71. The number of hydrogen-bond donors (Lipinski definition) is 1. The standard InChI is InChI=1S/C17H9F4NO2/c18-15-11(2-1-3-13(15)17(19,20)21)10-6-7-22-14-5-4-9(16(23)24)8-12(10)14/h1-8H,(H,23,24). The molecule has 7 heteroatoms. The summed E-state index contributed by atoms with van der Waals surface area (Å²) in [6.45, 7) is 0. The number of alkyl halides is 3. The Hall–Kier alpha value is -2.96. The molecule has 0 aliphatic carbocycles. The van der Waals surface area contributed by atoms with Crippen LogP contribution in [0.1, 0.15) is 15.9 Å². The summed E-state index contributed by atoms with van der Waals surface area (Å²) in [5.41, 5.74) is -1.20. The fourth-order valence-electron chi connectivity index (χ4n) is 2.47. The van der Waals surface area contributed by atoms with Crippen molar-refractivity contribution in [2.75, 3.05) is 0 Å². The molecule has 0 aliphatic rings. The van der Waals surface area contributed by atoms with Crippen LogP contribution in [0.15, 0.2) is 48.7 Å². The van der Waals surface area contributed by atoms with Crippen LogP contribution in [0.5, 0.6) is 0 Å². The molecule has 24 heavy (non-hydrogen) atoms. The van der Waals surface area contributed by atoms with Crippen molar-refractivity contribution >= 4 is 16.9 Å². The van der Waals surface area contributed by atoms with Crippen molar-refractivity contribution in [1.29, 1.82) is 0 Å². The molecule has 0 fully saturated rings. The number of fused-ring (bicyclic) bond motifs is 1. The topological polar surface area (TPSA) is 50.2 Å². The summed E-state index contributed by atoms with van der Waals surface area (Å²) in [6, 6.07) is 8.34. The predicted octanol–water partition coefficient (Wildman–Crippen LogP) is 4.76. The second kappa shape index (κ2) is 5.59. The maximum atomic E-state index is 14.4. The van der Waals surface area contributed by atoms with Crippen LogP contribution in [-0.4, -0.2) is 16.1 Å². The molecule has 0 aliphatic heterocycles. The molecule has 0 saturated carbocycles. The van der Waals surface area contributed by atoms with E-state index in [4.69, 9.17) is 5.11 Å². The monoisotopic (exact) mass is 335 g/mol. The number of hydrogen-bond acceptors (Lipinski definition) is 2. The lowest BCUT2D eigenvalue weighted by Crippen LogP contribution is -2.08. The van der Waals surface area contributed by atoms with Crippen molar-refractivity contribution in [1.82, 2.24) is 4.98 Å². The minimum atomic E-state index is -4.82. The summed E-state index contributed by atoms with van der Waals surface area (Å²) in [5, 5.41) is 9.33. The molecule has 0 saturated heterocycles. The van der Waals surface area contributed by atoms with Crippen molar-refractivity contribution in [3.05, 3.63) is 65.6 Å².